The molecule has 0 radical (unpaired) electrons. The first kappa shape index (κ1) is 13.0. The van der Waals surface area contributed by atoms with Crippen LogP contribution >= 0.6 is 0 Å². The molecule has 1 aromatic heterocycles. The minimum Gasteiger partial charge on any atom is -0.478 e. The summed E-state index contributed by atoms with van der Waals surface area (Å²) in [5.74, 6) is -0.933. The Kier molecular flexibility index (Phi) is 3.76. The van der Waals surface area contributed by atoms with Crippen LogP contribution in [0, 0.1) is 13.8 Å². The van der Waals surface area contributed by atoms with Gasteiger partial charge in [-0.1, -0.05) is 29.8 Å². The predicted octanol–water partition coefficient (Wildman–Crippen LogP) is 3.32. The molecule has 1 aromatic carbocycles. The van der Waals surface area contributed by atoms with E-state index in [1.807, 2.05) is 38.1 Å². The molecule has 0 amide bonds. The summed E-state index contributed by atoms with van der Waals surface area (Å²) in [7, 11) is 0. The lowest BCUT2D eigenvalue weighted by Crippen LogP contribution is -2.02. The van der Waals surface area contributed by atoms with Crippen LogP contribution in [0.3, 0.4) is 0 Å². The number of aromatic nitrogens is 1. The first-order chi connectivity index (χ1) is 9.08. The van der Waals surface area contributed by atoms with Crippen molar-refractivity contribution < 1.29 is 9.90 Å². The number of hydrogen-bond donors (Lipinski definition) is 1. The molecule has 1 heterocycles. The molecule has 0 saturated carbocycles. The van der Waals surface area contributed by atoms with E-state index in [-0.39, 0.29) is 5.57 Å². The Morgan fingerprint density at radius 1 is 1.26 bits per heavy atom. The molecule has 0 fully saturated rings. The number of aryl methyl sites for hydroxylation is 2. The van der Waals surface area contributed by atoms with Gasteiger partial charge in [-0.25, -0.2) is 4.79 Å². The molecular weight excluding hydrogens is 238 g/mol. The van der Waals surface area contributed by atoms with Crippen LogP contribution in [0.25, 0.3) is 11.6 Å². The maximum atomic E-state index is 11.5. The van der Waals surface area contributed by atoms with Gasteiger partial charge in [-0.3, -0.25) is 4.98 Å². The highest BCUT2D eigenvalue weighted by Crippen LogP contribution is 2.23. The van der Waals surface area contributed by atoms with Gasteiger partial charge in [0.25, 0.3) is 0 Å². The van der Waals surface area contributed by atoms with Gasteiger partial charge < -0.3 is 5.11 Å². The zero-order chi connectivity index (χ0) is 13.8. The Balaban J connectivity index is 2.55. The highest BCUT2D eigenvalue weighted by atomic mass is 16.4. The number of hydrogen-bond acceptors (Lipinski definition) is 2. The molecule has 2 rings (SSSR count). The van der Waals surface area contributed by atoms with Crippen molar-refractivity contribution in [2.45, 2.75) is 13.8 Å². The van der Waals surface area contributed by atoms with Crippen molar-refractivity contribution in [3.05, 3.63) is 65.0 Å². The molecule has 0 saturated heterocycles. The normalized spacial score (nSPS) is 11.4. The molecule has 2 aromatic rings. The number of aliphatic carboxylic acids is 1. The number of carboxylic acid groups (broad SMARTS) is 1. The van der Waals surface area contributed by atoms with E-state index in [9.17, 15) is 9.90 Å². The fourth-order valence-corrected chi connectivity index (χ4v) is 1.91. The van der Waals surface area contributed by atoms with E-state index in [4.69, 9.17) is 0 Å². The van der Waals surface area contributed by atoms with Crippen molar-refractivity contribution in [3.8, 4) is 0 Å². The molecule has 0 aliphatic heterocycles. The van der Waals surface area contributed by atoms with E-state index in [0.29, 0.717) is 0 Å². The van der Waals surface area contributed by atoms with Crippen molar-refractivity contribution in [1.82, 2.24) is 4.98 Å². The number of nitrogens with zero attached hydrogens (tertiary/aromatic N) is 1. The monoisotopic (exact) mass is 253 g/mol. The first-order valence-corrected chi connectivity index (χ1v) is 6.00. The SMILES string of the molecule is Cc1ccc(C)c(/C(=C/c2cccnc2)C(=O)O)c1. The molecule has 96 valence electrons. The third-order valence-electron chi connectivity index (χ3n) is 2.91. The molecule has 0 aliphatic rings. The summed E-state index contributed by atoms with van der Waals surface area (Å²) in [6.45, 7) is 3.86. The van der Waals surface area contributed by atoms with Crippen molar-refractivity contribution >= 4 is 17.6 Å². The second kappa shape index (κ2) is 5.48. The van der Waals surface area contributed by atoms with E-state index >= 15 is 0 Å². The summed E-state index contributed by atoms with van der Waals surface area (Å²) in [6, 6.07) is 9.42. The molecule has 0 aliphatic carbocycles. The Morgan fingerprint density at radius 2 is 2.05 bits per heavy atom. The van der Waals surface area contributed by atoms with Crippen LogP contribution in [-0.2, 0) is 4.79 Å². The summed E-state index contributed by atoms with van der Waals surface area (Å²) in [6.07, 6.45) is 4.96. The van der Waals surface area contributed by atoms with E-state index in [1.54, 1.807) is 24.5 Å². The van der Waals surface area contributed by atoms with Crippen LogP contribution in [-0.4, -0.2) is 16.1 Å². The number of benzene rings is 1. The number of carboxylic acids is 1. The van der Waals surface area contributed by atoms with Gasteiger partial charge in [0.05, 0.1) is 5.57 Å². The molecule has 1 N–H and O–H groups in total. The molecule has 0 atom stereocenters. The molecular formula is C16H15NO2. The van der Waals surface area contributed by atoms with Gasteiger partial charge in [-0.2, -0.15) is 0 Å². The average molecular weight is 253 g/mol. The first-order valence-electron chi connectivity index (χ1n) is 6.00. The standard InChI is InChI=1S/C16H15NO2/c1-11-5-6-12(2)14(8-11)15(16(18)19)9-13-4-3-7-17-10-13/h3-10H,1-2H3,(H,18,19)/b15-9-. The molecule has 0 unspecified atom stereocenters. The van der Waals surface area contributed by atoms with Gasteiger partial charge in [0.15, 0.2) is 0 Å². The summed E-state index contributed by atoms with van der Waals surface area (Å²) >= 11 is 0. The van der Waals surface area contributed by atoms with Crippen LogP contribution < -0.4 is 0 Å². The highest BCUT2D eigenvalue weighted by Gasteiger charge is 2.13. The van der Waals surface area contributed by atoms with Gasteiger partial charge in [-0.05, 0) is 42.7 Å². The third-order valence-corrected chi connectivity index (χ3v) is 2.91. The molecule has 0 spiro atoms. The van der Waals surface area contributed by atoms with Gasteiger partial charge in [-0.15, -0.1) is 0 Å². The maximum Gasteiger partial charge on any atom is 0.336 e. The van der Waals surface area contributed by atoms with Crippen LogP contribution in [0.2, 0.25) is 0 Å². The summed E-state index contributed by atoms with van der Waals surface area (Å²) in [4.78, 5) is 15.5. The van der Waals surface area contributed by atoms with Crippen LogP contribution in [0.4, 0.5) is 0 Å². The summed E-state index contributed by atoms with van der Waals surface area (Å²) in [5, 5.41) is 9.41. The van der Waals surface area contributed by atoms with Gasteiger partial charge in [0.1, 0.15) is 0 Å². The highest BCUT2D eigenvalue weighted by molar-refractivity contribution is 6.21. The van der Waals surface area contributed by atoms with Crippen LogP contribution in [0.15, 0.2) is 42.7 Å². The van der Waals surface area contributed by atoms with Crippen molar-refractivity contribution in [3.63, 3.8) is 0 Å². The predicted molar refractivity (Wildman–Crippen MR) is 75.7 cm³/mol. The molecule has 3 heteroatoms. The van der Waals surface area contributed by atoms with Crippen LogP contribution in [0.1, 0.15) is 22.3 Å². The number of carbonyl (C=O) groups is 1. The topological polar surface area (TPSA) is 50.2 Å². The summed E-state index contributed by atoms with van der Waals surface area (Å²) < 4.78 is 0. The second-order valence-corrected chi connectivity index (χ2v) is 4.47. The number of pyridine rings is 1. The Labute approximate surface area is 112 Å². The zero-order valence-corrected chi connectivity index (χ0v) is 10.9. The maximum absolute atomic E-state index is 11.5. The lowest BCUT2D eigenvalue weighted by molar-refractivity contribution is -0.130. The fourth-order valence-electron chi connectivity index (χ4n) is 1.91. The third kappa shape index (κ3) is 3.07. The molecule has 19 heavy (non-hydrogen) atoms. The summed E-state index contributed by atoms with van der Waals surface area (Å²) in [5.41, 5.74) is 3.80. The smallest absolute Gasteiger partial charge is 0.336 e. The minimum absolute atomic E-state index is 0.286. The largest absolute Gasteiger partial charge is 0.478 e. The molecule has 0 bridgehead atoms. The van der Waals surface area contributed by atoms with E-state index in [0.717, 1.165) is 22.3 Å². The van der Waals surface area contributed by atoms with Gasteiger partial charge >= 0.3 is 5.97 Å². The van der Waals surface area contributed by atoms with E-state index < -0.39 is 5.97 Å². The Hall–Kier alpha value is -2.42. The fraction of sp³-hybridized carbons (Fsp3) is 0.125. The van der Waals surface area contributed by atoms with Gasteiger partial charge in [0, 0.05) is 12.4 Å². The quantitative estimate of drug-likeness (QED) is 0.854. The van der Waals surface area contributed by atoms with Crippen molar-refractivity contribution in [1.29, 1.82) is 0 Å². The molecule has 3 nitrogen and oxygen atoms in total. The van der Waals surface area contributed by atoms with Crippen molar-refractivity contribution in [2.75, 3.05) is 0 Å². The van der Waals surface area contributed by atoms with E-state index in [1.165, 1.54) is 0 Å². The van der Waals surface area contributed by atoms with E-state index in [2.05, 4.69) is 4.98 Å². The Morgan fingerprint density at radius 3 is 2.68 bits per heavy atom. The van der Waals surface area contributed by atoms with Crippen LogP contribution in [0.5, 0.6) is 0 Å². The van der Waals surface area contributed by atoms with Crippen molar-refractivity contribution in [2.24, 2.45) is 0 Å². The second-order valence-electron chi connectivity index (χ2n) is 4.47. The lowest BCUT2D eigenvalue weighted by Gasteiger charge is -2.08. The zero-order valence-electron chi connectivity index (χ0n) is 10.9. The Bertz CT molecular complexity index is 630. The average Bonchev–Trinajstić information content (AvgIpc) is 2.40. The minimum atomic E-state index is -0.933. The number of rotatable bonds is 3. The lowest BCUT2D eigenvalue weighted by atomic mass is 9.97. The van der Waals surface area contributed by atoms with Gasteiger partial charge in [0.2, 0.25) is 0 Å².